The number of hydrogen-bond acceptors (Lipinski definition) is 3. The largest absolute Gasteiger partial charge is 0.372 e. The Hall–Kier alpha value is -1.22. The molecule has 1 heterocycles. The molecule has 1 saturated heterocycles. The van der Waals surface area contributed by atoms with E-state index < -0.39 is 0 Å². The van der Waals surface area contributed by atoms with E-state index in [0.717, 1.165) is 26.2 Å². The van der Waals surface area contributed by atoms with Crippen LogP contribution in [0.3, 0.4) is 0 Å². The summed E-state index contributed by atoms with van der Waals surface area (Å²) in [4.78, 5) is 4.93. The van der Waals surface area contributed by atoms with Crippen molar-refractivity contribution in [2.45, 2.75) is 46.2 Å². The van der Waals surface area contributed by atoms with Gasteiger partial charge < -0.3 is 15.1 Å². The summed E-state index contributed by atoms with van der Waals surface area (Å²) in [6.07, 6.45) is 1.20. The molecule has 0 saturated carbocycles. The zero-order valence-corrected chi connectivity index (χ0v) is 13.4. The second-order valence-electron chi connectivity index (χ2n) is 5.70. The van der Waals surface area contributed by atoms with Gasteiger partial charge in [0.1, 0.15) is 0 Å². The van der Waals surface area contributed by atoms with Gasteiger partial charge in [0.2, 0.25) is 0 Å². The maximum Gasteiger partial charge on any atom is 0.0387 e. The number of rotatable bonds is 5. The summed E-state index contributed by atoms with van der Waals surface area (Å²) >= 11 is 0. The molecule has 0 bridgehead atoms. The topological polar surface area (TPSA) is 18.5 Å². The molecule has 112 valence electrons. The molecule has 2 unspecified atom stereocenters. The highest BCUT2D eigenvalue weighted by molar-refractivity contribution is 5.57. The quantitative estimate of drug-likeness (QED) is 0.891. The molecule has 0 amide bonds. The lowest BCUT2D eigenvalue weighted by atomic mass is 10.1. The van der Waals surface area contributed by atoms with Crippen molar-refractivity contribution in [1.29, 1.82) is 0 Å². The predicted molar refractivity (Wildman–Crippen MR) is 88.9 cm³/mol. The molecule has 1 aliphatic heterocycles. The Morgan fingerprint density at radius 3 is 2.35 bits per heavy atom. The summed E-state index contributed by atoms with van der Waals surface area (Å²) in [6, 6.07) is 10.3. The molecule has 1 aromatic carbocycles. The first-order chi connectivity index (χ1) is 9.69. The lowest BCUT2D eigenvalue weighted by Crippen LogP contribution is -2.55. The molecule has 3 heteroatoms. The Labute approximate surface area is 124 Å². The summed E-state index contributed by atoms with van der Waals surface area (Å²) < 4.78 is 0. The molecule has 1 aromatic rings. The van der Waals surface area contributed by atoms with Crippen LogP contribution in [0, 0.1) is 0 Å². The SMILES string of the molecule is CCC1CN(c2ccc(N(CC)CC)cc2)C(C)CN1. The van der Waals surface area contributed by atoms with Crippen LogP contribution in [-0.2, 0) is 0 Å². The average molecular weight is 275 g/mol. The van der Waals surface area contributed by atoms with Crippen LogP contribution >= 0.6 is 0 Å². The van der Waals surface area contributed by atoms with Crippen LogP contribution < -0.4 is 15.1 Å². The number of nitrogens with one attached hydrogen (secondary N) is 1. The average Bonchev–Trinajstić information content (AvgIpc) is 2.50. The molecule has 0 spiro atoms. The van der Waals surface area contributed by atoms with E-state index >= 15 is 0 Å². The zero-order chi connectivity index (χ0) is 14.5. The predicted octanol–water partition coefficient (Wildman–Crippen LogP) is 3.11. The van der Waals surface area contributed by atoms with E-state index in [0.29, 0.717) is 12.1 Å². The summed E-state index contributed by atoms with van der Waals surface area (Å²) in [5.74, 6) is 0. The minimum Gasteiger partial charge on any atom is -0.372 e. The van der Waals surface area contributed by atoms with Gasteiger partial charge in [-0.15, -0.1) is 0 Å². The van der Waals surface area contributed by atoms with Gasteiger partial charge >= 0.3 is 0 Å². The Balaban J connectivity index is 2.12. The number of benzene rings is 1. The van der Waals surface area contributed by atoms with Gasteiger partial charge in [-0.1, -0.05) is 6.92 Å². The number of anilines is 2. The van der Waals surface area contributed by atoms with Crippen LogP contribution in [-0.4, -0.2) is 38.3 Å². The van der Waals surface area contributed by atoms with E-state index in [4.69, 9.17) is 0 Å². The normalized spacial score (nSPS) is 22.9. The fourth-order valence-electron chi connectivity index (χ4n) is 3.01. The van der Waals surface area contributed by atoms with Crippen LogP contribution in [0.25, 0.3) is 0 Å². The molecule has 2 atom stereocenters. The minimum atomic E-state index is 0.567. The van der Waals surface area contributed by atoms with E-state index in [9.17, 15) is 0 Å². The van der Waals surface area contributed by atoms with Gasteiger partial charge in [0.05, 0.1) is 0 Å². The van der Waals surface area contributed by atoms with E-state index in [1.54, 1.807) is 0 Å². The van der Waals surface area contributed by atoms with E-state index in [2.05, 4.69) is 67.1 Å². The van der Waals surface area contributed by atoms with E-state index in [1.807, 2.05) is 0 Å². The second-order valence-corrected chi connectivity index (χ2v) is 5.70. The first-order valence-corrected chi connectivity index (χ1v) is 8.04. The summed E-state index contributed by atoms with van der Waals surface area (Å²) in [6.45, 7) is 13.3. The number of piperazine rings is 1. The maximum atomic E-state index is 3.62. The third-order valence-electron chi connectivity index (χ3n) is 4.45. The zero-order valence-electron chi connectivity index (χ0n) is 13.4. The standard InChI is InChI=1S/C17H29N3/c1-5-15-13-20(14(4)12-18-15)17-10-8-16(9-11-17)19(6-2)7-3/h8-11,14-15,18H,5-7,12-13H2,1-4H3. The molecular weight excluding hydrogens is 246 g/mol. The van der Waals surface area contributed by atoms with Gasteiger partial charge in [-0.05, 0) is 51.5 Å². The highest BCUT2D eigenvalue weighted by Crippen LogP contribution is 2.24. The molecule has 1 N–H and O–H groups in total. The first kappa shape index (κ1) is 15.2. The number of nitrogens with zero attached hydrogens (tertiary/aromatic N) is 2. The Morgan fingerprint density at radius 2 is 1.80 bits per heavy atom. The van der Waals surface area contributed by atoms with Crippen LogP contribution in [0.15, 0.2) is 24.3 Å². The van der Waals surface area contributed by atoms with Crippen molar-refractivity contribution in [3.05, 3.63) is 24.3 Å². The molecule has 2 rings (SSSR count). The lowest BCUT2D eigenvalue weighted by Gasteiger charge is -2.40. The molecular formula is C17H29N3. The first-order valence-electron chi connectivity index (χ1n) is 8.04. The van der Waals surface area contributed by atoms with Gasteiger partial charge in [0, 0.05) is 49.6 Å². The van der Waals surface area contributed by atoms with Gasteiger partial charge in [0.25, 0.3) is 0 Å². The molecule has 0 aromatic heterocycles. The maximum absolute atomic E-state index is 3.62. The summed E-state index contributed by atoms with van der Waals surface area (Å²) in [7, 11) is 0. The molecule has 3 nitrogen and oxygen atoms in total. The van der Waals surface area contributed by atoms with Gasteiger partial charge in [-0.2, -0.15) is 0 Å². The monoisotopic (exact) mass is 275 g/mol. The highest BCUT2D eigenvalue weighted by atomic mass is 15.2. The van der Waals surface area contributed by atoms with Crippen molar-refractivity contribution in [3.63, 3.8) is 0 Å². The Bertz CT molecular complexity index is 397. The molecule has 0 radical (unpaired) electrons. The van der Waals surface area contributed by atoms with Crippen molar-refractivity contribution < 1.29 is 0 Å². The van der Waals surface area contributed by atoms with Crippen LogP contribution in [0.2, 0.25) is 0 Å². The van der Waals surface area contributed by atoms with Gasteiger partial charge in [-0.25, -0.2) is 0 Å². The van der Waals surface area contributed by atoms with Crippen LogP contribution in [0.1, 0.15) is 34.1 Å². The van der Waals surface area contributed by atoms with E-state index in [-0.39, 0.29) is 0 Å². The Kier molecular flexibility index (Phi) is 5.30. The third kappa shape index (κ3) is 3.26. The summed E-state index contributed by atoms with van der Waals surface area (Å²) in [5.41, 5.74) is 2.68. The van der Waals surface area contributed by atoms with Crippen molar-refractivity contribution in [2.24, 2.45) is 0 Å². The molecule has 1 fully saturated rings. The minimum absolute atomic E-state index is 0.567. The fraction of sp³-hybridized carbons (Fsp3) is 0.647. The van der Waals surface area contributed by atoms with Crippen molar-refractivity contribution in [3.8, 4) is 0 Å². The van der Waals surface area contributed by atoms with Crippen molar-refractivity contribution >= 4 is 11.4 Å². The Morgan fingerprint density at radius 1 is 1.15 bits per heavy atom. The van der Waals surface area contributed by atoms with Crippen molar-refractivity contribution in [1.82, 2.24) is 5.32 Å². The highest BCUT2D eigenvalue weighted by Gasteiger charge is 2.23. The van der Waals surface area contributed by atoms with Crippen molar-refractivity contribution in [2.75, 3.05) is 36.0 Å². The second kappa shape index (κ2) is 6.98. The molecule has 0 aliphatic carbocycles. The third-order valence-corrected chi connectivity index (χ3v) is 4.45. The molecule has 20 heavy (non-hydrogen) atoms. The van der Waals surface area contributed by atoms with Gasteiger partial charge in [-0.3, -0.25) is 0 Å². The number of hydrogen-bond donors (Lipinski definition) is 1. The fourth-order valence-corrected chi connectivity index (χ4v) is 3.01. The van der Waals surface area contributed by atoms with Gasteiger partial charge in [0.15, 0.2) is 0 Å². The summed E-state index contributed by atoms with van der Waals surface area (Å²) in [5, 5.41) is 3.62. The van der Waals surface area contributed by atoms with Crippen LogP contribution in [0.4, 0.5) is 11.4 Å². The smallest absolute Gasteiger partial charge is 0.0387 e. The van der Waals surface area contributed by atoms with Crippen LogP contribution in [0.5, 0.6) is 0 Å². The lowest BCUT2D eigenvalue weighted by molar-refractivity contribution is 0.397. The van der Waals surface area contributed by atoms with E-state index in [1.165, 1.54) is 17.8 Å². The molecule has 1 aliphatic rings.